The first-order chi connectivity index (χ1) is 22.8. The number of benzene rings is 3. The minimum Gasteiger partial charge on any atom is -0.493 e. The van der Waals surface area contributed by atoms with Crippen LogP contribution in [0.4, 0.5) is 15.3 Å². The van der Waals surface area contributed by atoms with Crippen LogP contribution in [0, 0.1) is 0 Å². The summed E-state index contributed by atoms with van der Waals surface area (Å²) in [5.41, 5.74) is 4.33. The Morgan fingerprint density at radius 2 is 1.56 bits per heavy atom. The Morgan fingerprint density at radius 3 is 2.23 bits per heavy atom. The molecule has 3 aromatic carbocycles. The molecule has 3 aromatic rings. The summed E-state index contributed by atoms with van der Waals surface area (Å²) >= 11 is 0. The van der Waals surface area contributed by atoms with Crippen molar-refractivity contribution in [3.63, 3.8) is 0 Å². The molecule has 2 amide bonds. The van der Waals surface area contributed by atoms with Crippen molar-refractivity contribution in [2.75, 3.05) is 18.5 Å². The molecule has 4 rings (SSSR count). The van der Waals surface area contributed by atoms with Crippen molar-refractivity contribution < 1.29 is 23.8 Å². The van der Waals surface area contributed by atoms with Gasteiger partial charge in [-0.1, -0.05) is 66.7 Å². The summed E-state index contributed by atoms with van der Waals surface area (Å²) in [7, 11) is 0. The summed E-state index contributed by atoms with van der Waals surface area (Å²) in [6.45, 7) is 13.1. The second kappa shape index (κ2) is 17.2. The number of rotatable bonds is 12. The van der Waals surface area contributed by atoms with Crippen LogP contribution < -0.4 is 20.7 Å². The van der Waals surface area contributed by atoms with Crippen LogP contribution in [0.25, 0.3) is 17.2 Å². The molecule has 3 N–H and O–H groups in total. The van der Waals surface area contributed by atoms with Gasteiger partial charge in [0.1, 0.15) is 17.5 Å². The van der Waals surface area contributed by atoms with Crippen molar-refractivity contribution in [2.45, 2.75) is 103 Å². The Kier molecular flexibility index (Phi) is 13.1. The summed E-state index contributed by atoms with van der Waals surface area (Å²) < 4.78 is 17.1. The Morgan fingerprint density at radius 1 is 0.854 bits per heavy atom. The normalized spacial score (nSPS) is 16.7. The van der Waals surface area contributed by atoms with Gasteiger partial charge in [0.15, 0.2) is 0 Å². The van der Waals surface area contributed by atoms with Crippen LogP contribution in [0.2, 0.25) is 0 Å². The van der Waals surface area contributed by atoms with E-state index in [0.29, 0.717) is 31.3 Å². The SMILES string of the molecule is CC(C)(C)NC1CCC(OC(=O)Nc2cc(/C=C/CCOc3ccc(CCNC(=O)OC(C)(C)C)cc3)ccc2-c2ccccc2)CC1. The average molecular weight is 656 g/mol. The third-order valence-electron chi connectivity index (χ3n) is 7.82. The first-order valence-electron chi connectivity index (χ1n) is 17.1. The number of nitrogens with one attached hydrogen (secondary N) is 3. The predicted molar refractivity (Wildman–Crippen MR) is 194 cm³/mol. The van der Waals surface area contributed by atoms with E-state index >= 15 is 0 Å². The van der Waals surface area contributed by atoms with Gasteiger partial charge in [-0.05, 0) is 115 Å². The van der Waals surface area contributed by atoms with Crippen LogP contribution in [0.15, 0.2) is 78.9 Å². The third kappa shape index (κ3) is 13.1. The fourth-order valence-corrected chi connectivity index (χ4v) is 5.71. The van der Waals surface area contributed by atoms with Crippen LogP contribution in [0.1, 0.15) is 84.8 Å². The second-order valence-corrected chi connectivity index (χ2v) is 14.4. The Hall–Kier alpha value is -4.30. The molecule has 1 aliphatic carbocycles. The van der Waals surface area contributed by atoms with Crippen LogP contribution >= 0.6 is 0 Å². The lowest BCUT2D eigenvalue weighted by atomic mass is 9.91. The van der Waals surface area contributed by atoms with Gasteiger partial charge in [-0.2, -0.15) is 0 Å². The molecule has 1 fully saturated rings. The van der Waals surface area contributed by atoms with Crippen molar-refractivity contribution in [3.05, 3.63) is 90.0 Å². The third-order valence-corrected chi connectivity index (χ3v) is 7.82. The molecule has 0 unspecified atom stereocenters. The zero-order valence-electron chi connectivity index (χ0n) is 29.4. The molecule has 8 nitrogen and oxygen atoms in total. The summed E-state index contributed by atoms with van der Waals surface area (Å²) in [6.07, 6.45) is 8.33. The lowest BCUT2D eigenvalue weighted by molar-refractivity contribution is 0.0528. The molecule has 8 heteroatoms. The number of carbonyl (C=O) groups is 2. The van der Waals surface area contributed by atoms with Gasteiger partial charge in [-0.25, -0.2) is 9.59 Å². The number of amides is 2. The lowest BCUT2D eigenvalue weighted by Crippen LogP contribution is -2.46. The standard InChI is InChI=1S/C40H53N3O5/c1-39(2,3)43-32-18-22-34(23-19-32)47-38(45)42-36-28-30(17-24-35(36)31-13-8-7-9-14-31)12-10-11-27-46-33-20-15-29(16-21-33)25-26-41-37(44)48-40(4,5)6/h7-10,12-17,20-21,24,28,32,34,43H,11,18-19,22-23,25-27H2,1-6H3,(H,41,44)(H,42,45)/b12-10+. The van der Waals surface area contributed by atoms with Gasteiger partial charge in [-0.3, -0.25) is 5.32 Å². The van der Waals surface area contributed by atoms with Crippen molar-refractivity contribution in [2.24, 2.45) is 0 Å². The van der Waals surface area contributed by atoms with Gasteiger partial charge in [0.25, 0.3) is 0 Å². The predicted octanol–water partition coefficient (Wildman–Crippen LogP) is 9.15. The molecule has 0 aromatic heterocycles. The van der Waals surface area contributed by atoms with E-state index in [4.69, 9.17) is 14.2 Å². The van der Waals surface area contributed by atoms with Gasteiger partial charge >= 0.3 is 12.2 Å². The lowest BCUT2D eigenvalue weighted by Gasteiger charge is -2.34. The maximum absolute atomic E-state index is 13.1. The molecule has 0 bridgehead atoms. The molecule has 48 heavy (non-hydrogen) atoms. The number of anilines is 1. The summed E-state index contributed by atoms with van der Waals surface area (Å²) in [5, 5.41) is 9.49. The Labute approximate surface area is 286 Å². The first-order valence-corrected chi connectivity index (χ1v) is 17.1. The van der Waals surface area contributed by atoms with E-state index < -0.39 is 17.8 Å². The molecule has 1 saturated carbocycles. The van der Waals surface area contributed by atoms with Crippen molar-refractivity contribution >= 4 is 23.9 Å². The Bertz CT molecular complexity index is 1480. The highest BCUT2D eigenvalue weighted by Crippen LogP contribution is 2.30. The molecular formula is C40H53N3O5. The number of hydrogen-bond donors (Lipinski definition) is 3. The molecule has 0 atom stereocenters. The second-order valence-electron chi connectivity index (χ2n) is 14.4. The minimum atomic E-state index is -0.509. The van der Waals surface area contributed by atoms with Crippen LogP contribution in [-0.4, -0.2) is 48.6 Å². The number of ether oxygens (including phenoxy) is 3. The van der Waals surface area contributed by atoms with Crippen molar-refractivity contribution in [3.8, 4) is 16.9 Å². The van der Waals surface area contributed by atoms with Gasteiger partial charge in [-0.15, -0.1) is 0 Å². The monoisotopic (exact) mass is 655 g/mol. The van der Waals surface area contributed by atoms with Gasteiger partial charge in [0, 0.05) is 23.7 Å². The van der Waals surface area contributed by atoms with Crippen molar-refractivity contribution in [1.82, 2.24) is 10.6 Å². The number of carbonyl (C=O) groups excluding carboxylic acids is 2. The zero-order chi connectivity index (χ0) is 34.6. The molecule has 0 spiro atoms. The number of hydrogen-bond acceptors (Lipinski definition) is 6. The maximum atomic E-state index is 13.1. The van der Waals surface area contributed by atoms with E-state index in [1.807, 2.05) is 93.6 Å². The molecule has 0 aliphatic heterocycles. The largest absolute Gasteiger partial charge is 0.493 e. The highest BCUT2D eigenvalue weighted by Gasteiger charge is 2.26. The van der Waals surface area contributed by atoms with Crippen LogP contribution in [0.5, 0.6) is 5.75 Å². The average Bonchev–Trinajstić information content (AvgIpc) is 3.01. The topological polar surface area (TPSA) is 97.9 Å². The Balaban J connectivity index is 1.27. The van der Waals surface area contributed by atoms with E-state index in [-0.39, 0.29) is 11.6 Å². The molecule has 258 valence electrons. The van der Waals surface area contributed by atoms with Gasteiger partial charge < -0.3 is 24.8 Å². The number of alkyl carbamates (subject to hydrolysis) is 1. The summed E-state index contributed by atoms with van der Waals surface area (Å²) in [4.78, 5) is 24.9. The first kappa shape index (κ1) is 36.5. The molecule has 0 saturated heterocycles. The van der Waals surface area contributed by atoms with E-state index in [0.717, 1.165) is 60.1 Å². The van der Waals surface area contributed by atoms with E-state index in [1.54, 1.807) is 0 Å². The highest BCUT2D eigenvalue weighted by atomic mass is 16.6. The molecule has 0 heterocycles. The van der Waals surface area contributed by atoms with E-state index in [1.165, 1.54) is 0 Å². The van der Waals surface area contributed by atoms with E-state index in [9.17, 15) is 9.59 Å². The summed E-state index contributed by atoms with van der Waals surface area (Å²) in [6, 6.07) is 24.5. The smallest absolute Gasteiger partial charge is 0.411 e. The summed E-state index contributed by atoms with van der Waals surface area (Å²) in [5.74, 6) is 0.795. The fraction of sp³-hybridized carbons (Fsp3) is 0.450. The minimum absolute atomic E-state index is 0.0774. The molecule has 0 radical (unpaired) electrons. The quantitative estimate of drug-likeness (QED) is 0.168. The van der Waals surface area contributed by atoms with E-state index in [2.05, 4.69) is 48.9 Å². The van der Waals surface area contributed by atoms with Crippen LogP contribution in [0.3, 0.4) is 0 Å². The molecule has 1 aliphatic rings. The zero-order valence-corrected chi connectivity index (χ0v) is 29.4. The van der Waals surface area contributed by atoms with Crippen LogP contribution in [-0.2, 0) is 15.9 Å². The van der Waals surface area contributed by atoms with Gasteiger partial charge in [0.2, 0.25) is 0 Å². The van der Waals surface area contributed by atoms with Gasteiger partial charge in [0.05, 0.1) is 12.3 Å². The highest BCUT2D eigenvalue weighted by molar-refractivity contribution is 5.92. The van der Waals surface area contributed by atoms with Crippen molar-refractivity contribution in [1.29, 1.82) is 0 Å². The molecular weight excluding hydrogens is 602 g/mol. The fourth-order valence-electron chi connectivity index (χ4n) is 5.71. The maximum Gasteiger partial charge on any atom is 0.411 e.